The zero-order chi connectivity index (χ0) is 91.0. The summed E-state index contributed by atoms with van der Waals surface area (Å²) in [4.78, 5) is 147. The van der Waals surface area contributed by atoms with Crippen LogP contribution in [0.2, 0.25) is 0 Å². The van der Waals surface area contributed by atoms with E-state index in [1.54, 1.807) is 30.2 Å². The fourth-order valence-corrected chi connectivity index (χ4v) is 19.9. The van der Waals surface area contributed by atoms with E-state index in [0.717, 1.165) is 113 Å². The predicted octanol–water partition coefficient (Wildman–Crippen LogP) is 14.7. The summed E-state index contributed by atoms with van der Waals surface area (Å²) in [5.41, 5.74) is 12.4. The minimum Gasteiger partial charge on any atom is -0.493 e. The molecule has 11 aromatic rings. The summed E-state index contributed by atoms with van der Waals surface area (Å²) in [6, 6.07) is 36.7. The number of methoxy groups -OCH3 is 6. The minimum absolute atomic E-state index is 0.0632. The second-order valence-corrected chi connectivity index (χ2v) is 35.9. The summed E-state index contributed by atoms with van der Waals surface area (Å²) in [7, 11) is 8.46. The summed E-state index contributed by atoms with van der Waals surface area (Å²) in [6.45, 7) is 15.6. The van der Waals surface area contributed by atoms with Crippen molar-refractivity contribution in [1.82, 2.24) is 80.7 Å². The number of amides is 8. The fraction of sp³-hybridized carbons (Fsp3) is 0.408. The van der Waals surface area contributed by atoms with E-state index in [1.807, 2.05) is 116 Å². The van der Waals surface area contributed by atoms with Crippen LogP contribution >= 0.6 is 0 Å². The fourth-order valence-electron chi connectivity index (χ4n) is 19.9. The molecule has 14 atom stereocenters. The number of imidazole rings is 4. The van der Waals surface area contributed by atoms with E-state index in [0.29, 0.717) is 99.9 Å². The Morgan fingerprint density at radius 1 is 0.477 bits per heavy atom. The average molecular weight is 1770 g/mol. The molecule has 8 N–H and O–H groups in total. The molecule has 10 heterocycles. The molecule has 4 aromatic heterocycles. The molecule has 8 amide bonds. The molecule has 18 rings (SSSR count). The predicted molar refractivity (Wildman–Crippen MR) is 485 cm³/mol. The molecule has 1 aliphatic carbocycles. The topological polar surface area (TPSA) is 386 Å². The molecule has 0 spiro atoms. The number of ether oxygens (including phenoxy) is 8. The van der Waals surface area contributed by atoms with Gasteiger partial charge in [0.05, 0.1) is 118 Å². The van der Waals surface area contributed by atoms with Crippen LogP contribution in [0.3, 0.4) is 0 Å². The van der Waals surface area contributed by atoms with E-state index in [4.69, 9.17) is 57.8 Å². The van der Waals surface area contributed by atoms with Gasteiger partial charge in [0.15, 0.2) is 0 Å². The van der Waals surface area contributed by atoms with Gasteiger partial charge in [0, 0.05) is 86.0 Å². The number of rotatable bonds is 22. The van der Waals surface area contributed by atoms with Gasteiger partial charge in [0.2, 0.25) is 11.8 Å². The lowest BCUT2D eigenvalue weighted by molar-refractivity contribution is -0.136. The van der Waals surface area contributed by atoms with E-state index in [2.05, 4.69) is 128 Å². The monoisotopic (exact) mass is 1770 g/mol. The Bertz CT molecular complexity index is 6180. The lowest BCUT2D eigenvalue weighted by Gasteiger charge is -2.33. The van der Waals surface area contributed by atoms with Gasteiger partial charge in [-0.15, -0.1) is 0 Å². The highest BCUT2D eigenvalue weighted by Gasteiger charge is 2.47. The van der Waals surface area contributed by atoms with Crippen molar-refractivity contribution in [2.45, 2.75) is 128 Å². The number of hydrogen-bond donors (Lipinski definition) is 8. The highest BCUT2D eigenvalue weighted by atomic mass is 16.6. The zero-order valence-corrected chi connectivity index (χ0v) is 74.8. The van der Waals surface area contributed by atoms with Crippen molar-refractivity contribution in [3.8, 4) is 33.9 Å². The number of H-pyrrole nitrogens is 4. The van der Waals surface area contributed by atoms with Crippen LogP contribution in [0.25, 0.3) is 71.6 Å². The molecule has 7 aliphatic rings. The van der Waals surface area contributed by atoms with Crippen LogP contribution in [0.5, 0.6) is 11.5 Å². The maximum atomic E-state index is 14.4. The van der Waals surface area contributed by atoms with Crippen molar-refractivity contribution < 1.29 is 76.3 Å². The molecule has 2 unspecified atom stereocenters. The van der Waals surface area contributed by atoms with Crippen LogP contribution < -0.4 is 30.7 Å². The Morgan fingerprint density at radius 2 is 0.946 bits per heavy atom. The summed E-state index contributed by atoms with van der Waals surface area (Å²) < 4.78 is 43.5. The number of likely N-dealkylation sites (tertiary alicyclic amines) is 4. The Hall–Kier alpha value is -13.6. The lowest BCUT2D eigenvalue weighted by atomic mass is 9.78. The molecular formula is C98H110N16O16. The summed E-state index contributed by atoms with van der Waals surface area (Å²) in [5, 5.41) is 14.8. The molecule has 130 heavy (non-hydrogen) atoms. The number of nitrogens with one attached hydrogen (secondary N) is 8. The lowest BCUT2D eigenvalue weighted by Crippen LogP contribution is -2.51. The summed E-state index contributed by atoms with van der Waals surface area (Å²) in [5.74, 6) is 3.97. The van der Waals surface area contributed by atoms with Gasteiger partial charge in [0.1, 0.15) is 65.6 Å². The number of carbonyl (C=O) groups is 8. The maximum Gasteiger partial charge on any atom is 0.407 e. The number of nitrogens with zero attached hydrogens (tertiary/aromatic N) is 8. The largest absolute Gasteiger partial charge is 0.493 e. The van der Waals surface area contributed by atoms with Gasteiger partial charge >= 0.3 is 24.4 Å². The first kappa shape index (κ1) is 88.4. The molecule has 32 heteroatoms. The third-order valence-corrected chi connectivity index (χ3v) is 26.4. The van der Waals surface area contributed by atoms with Crippen LogP contribution in [0.4, 0.5) is 19.2 Å². The number of allylic oxidation sites excluding steroid dienone is 3. The van der Waals surface area contributed by atoms with E-state index < -0.39 is 48.5 Å². The smallest absolute Gasteiger partial charge is 0.407 e. The average Bonchev–Trinajstić information content (AvgIpc) is 1.62. The highest BCUT2D eigenvalue weighted by Crippen LogP contribution is 2.49. The third-order valence-electron chi connectivity index (χ3n) is 26.4. The molecule has 0 radical (unpaired) electrons. The van der Waals surface area contributed by atoms with E-state index in [-0.39, 0.29) is 95.1 Å². The molecule has 0 saturated carbocycles. The molecule has 678 valence electrons. The third kappa shape index (κ3) is 17.7. The molecule has 4 fully saturated rings. The second kappa shape index (κ2) is 37.6. The maximum absolute atomic E-state index is 14.4. The Balaban J connectivity index is 0.000000182. The highest BCUT2D eigenvalue weighted by molar-refractivity contribution is 6.08. The van der Waals surface area contributed by atoms with E-state index in [1.165, 1.54) is 28.4 Å². The van der Waals surface area contributed by atoms with Crippen molar-refractivity contribution in [1.29, 1.82) is 0 Å². The normalized spacial score (nSPS) is 21.7. The Morgan fingerprint density at radius 3 is 1.46 bits per heavy atom. The van der Waals surface area contributed by atoms with Crippen LogP contribution in [-0.2, 0) is 54.2 Å². The van der Waals surface area contributed by atoms with E-state index >= 15 is 0 Å². The van der Waals surface area contributed by atoms with Gasteiger partial charge in [0.25, 0.3) is 11.8 Å². The molecule has 6 aliphatic heterocycles. The number of hydrogen-bond acceptors (Lipinski definition) is 20. The van der Waals surface area contributed by atoms with Crippen molar-refractivity contribution in [2.24, 2.45) is 41.4 Å². The summed E-state index contributed by atoms with van der Waals surface area (Å²) in [6.07, 6.45) is 10.3. The van der Waals surface area contributed by atoms with Crippen LogP contribution in [0.15, 0.2) is 158 Å². The van der Waals surface area contributed by atoms with E-state index in [9.17, 15) is 38.4 Å². The van der Waals surface area contributed by atoms with Crippen molar-refractivity contribution in [2.75, 3.05) is 88.7 Å². The standard InChI is InChI=1S/C49H54N8O8.C49H56N8O8/c1-26(2)41(54-48(60)63-5)46(58)57-23-28(24-62-4)17-39(57)45-51-36-15-13-30-19-35-33-14-12-31(18-32(33)25-65-40(35)20-34(30)43(36)53-45)37-21-50-44(52-37)38-16-27(3)22-56(38)47(59)42(55-49(61)64-6)29-10-8-7-9-11-29;1-26(2)41(54-48(60)63-5)46(58)56-22-27(3)16-38(56)44-50-21-37(52-44)31-12-14-33-32(18-31)25-65-40-20-34-30(19-35(33)40)13-15-36-43(34)53-45(51-36)39-17-28(24-62-4)23-57(39)47(59)42(55-49(61)64-6)29-10-8-7-9-11-29/h7-15,18-21,26-28,38-39,41-42H,16-17,22-25H2,1-6H3,(H,50,52)(H,51,53)(H,54,60)(H,55,61);7-15,18-21,26-28,32-33,38-39,41-42H,16-17,22-25H2,1-6H3,(H,50,52)(H,51,53)(H,54,60)(H,55,61)/t27-,28-,38-,39-,41-,42+;27-,28-,32?,33?,38-,39-,41-,42+/m00/s1. The number of benzene rings is 7. The van der Waals surface area contributed by atoms with Gasteiger partial charge in [-0.1, -0.05) is 145 Å². The number of aromatic nitrogens is 8. The van der Waals surface area contributed by atoms with Gasteiger partial charge in [-0.25, -0.2) is 39.1 Å². The number of alkyl carbamates (subject to hydrolysis) is 4. The quantitative estimate of drug-likeness (QED) is 0.0292. The molecule has 0 bridgehead atoms. The van der Waals surface area contributed by atoms with Gasteiger partial charge < -0.3 is 98.7 Å². The first-order valence-corrected chi connectivity index (χ1v) is 44.4. The molecule has 7 aromatic carbocycles. The van der Waals surface area contributed by atoms with Gasteiger partial charge in [-0.05, 0) is 136 Å². The summed E-state index contributed by atoms with van der Waals surface area (Å²) >= 11 is 0. The SMILES string of the molecule is COC[C@H]1C[C@@H](c2nc3c(ccc4cc5c(cc43)OCC3C=C(c4cnc([C@@H]6C[C@H](C)CN6C(=O)[C@@H](NC(=O)OC)C(C)C)[nH]4)C=CC53)[nH]2)N(C(=O)[C@H](NC(=O)OC)c2ccccc2)C1.COC[C@H]1C[C@@H](c2nc3c(ccc4cc5c(cc43)OCc3cc(-c4cnc([C@@H]6C[C@H](C)CN6C(=O)[C@H](NC(=O)OC)c6ccccc6)[nH]4)ccc3-5)[nH]2)N(C(=O)[C@@H](NC(=O)OC)C(C)C)C1. The van der Waals surface area contributed by atoms with Crippen LogP contribution in [0, 0.1) is 41.4 Å². The molecule has 4 saturated heterocycles. The zero-order valence-electron chi connectivity index (χ0n) is 74.8. The van der Waals surface area contributed by atoms with Crippen LogP contribution in [0.1, 0.15) is 161 Å². The van der Waals surface area contributed by atoms with Crippen molar-refractivity contribution in [3.63, 3.8) is 0 Å². The van der Waals surface area contributed by atoms with Crippen molar-refractivity contribution >= 4 is 97.2 Å². The number of carbonyl (C=O) groups excluding carboxylic acids is 8. The Labute approximate surface area is 751 Å². The van der Waals surface area contributed by atoms with Gasteiger partial charge in [-0.2, -0.15) is 0 Å². The van der Waals surface area contributed by atoms with Crippen molar-refractivity contribution in [3.05, 3.63) is 209 Å². The number of fused-ring (bicyclic) bond motifs is 12. The Kier molecular flexibility index (Phi) is 25.6. The first-order chi connectivity index (χ1) is 62.9. The van der Waals surface area contributed by atoms with Gasteiger partial charge in [-0.3, -0.25) is 19.2 Å². The minimum atomic E-state index is -0.951. The first-order valence-electron chi connectivity index (χ1n) is 44.4. The molecular weight excluding hydrogens is 1660 g/mol. The molecule has 32 nitrogen and oxygen atoms in total. The van der Waals surface area contributed by atoms with Crippen LogP contribution in [-0.4, -0.2) is 208 Å². The number of aromatic amines is 4. The second-order valence-electron chi connectivity index (χ2n) is 35.9.